The first-order valence-corrected chi connectivity index (χ1v) is 7.92. The van der Waals surface area contributed by atoms with Crippen molar-refractivity contribution >= 4 is 11.8 Å². The minimum atomic E-state index is 0.139. The molecule has 5 nitrogen and oxygen atoms in total. The second-order valence-electron chi connectivity index (χ2n) is 5.93. The summed E-state index contributed by atoms with van der Waals surface area (Å²) in [5, 5.41) is 0. The van der Waals surface area contributed by atoms with Crippen molar-refractivity contribution in [2.45, 2.75) is 39.0 Å². The van der Waals surface area contributed by atoms with Crippen LogP contribution >= 0.6 is 0 Å². The quantitative estimate of drug-likeness (QED) is 0.757. The second-order valence-corrected chi connectivity index (χ2v) is 5.93. The Morgan fingerprint density at radius 3 is 1.85 bits per heavy atom. The van der Waals surface area contributed by atoms with Crippen molar-refractivity contribution in [3.63, 3.8) is 0 Å². The highest BCUT2D eigenvalue weighted by Gasteiger charge is 2.22. The molecule has 5 heteroatoms. The number of nitrogens with zero attached hydrogens (tertiary/aromatic N) is 3. The lowest BCUT2D eigenvalue weighted by atomic mass is 10.1. The van der Waals surface area contributed by atoms with E-state index in [1.54, 1.807) is 6.92 Å². The van der Waals surface area contributed by atoms with Crippen LogP contribution in [0.1, 0.15) is 39.0 Å². The van der Waals surface area contributed by atoms with E-state index in [-0.39, 0.29) is 11.8 Å². The highest BCUT2D eigenvalue weighted by Crippen LogP contribution is 2.11. The van der Waals surface area contributed by atoms with Gasteiger partial charge in [0.05, 0.1) is 6.54 Å². The molecule has 0 unspecified atom stereocenters. The van der Waals surface area contributed by atoms with E-state index in [0.29, 0.717) is 6.54 Å². The fraction of sp³-hybridized carbons (Fsp3) is 0.867. The van der Waals surface area contributed by atoms with Gasteiger partial charge in [0.1, 0.15) is 0 Å². The number of hydrogen-bond acceptors (Lipinski definition) is 3. The Morgan fingerprint density at radius 2 is 1.30 bits per heavy atom. The van der Waals surface area contributed by atoms with Gasteiger partial charge in [-0.1, -0.05) is 19.3 Å². The standard InChI is InChI=1S/C15H27N3O2/c1-14(19)17-11-9-16(10-12-17)13-15(20)18-7-5-3-2-4-6-8-18/h2-13H2,1H3. The molecule has 0 aromatic carbocycles. The molecule has 2 aliphatic rings. The molecular weight excluding hydrogens is 254 g/mol. The Morgan fingerprint density at radius 1 is 0.750 bits per heavy atom. The van der Waals surface area contributed by atoms with Gasteiger partial charge in [0.25, 0.3) is 0 Å². The van der Waals surface area contributed by atoms with E-state index in [0.717, 1.165) is 52.1 Å². The third kappa shape index (κ3) is 4.47. The van der Waals surface area contributed by atoms with Crippen LogP contribution in [0.2, 0.25) is 0 Å². The predicted molar refractivity (Wildman–Crippen MR) is 78.4 cm³/mol. The summed E-state index contributed by atoms with van der Waals surface area (Å²) < 4.78 is 0. The van der Waals surface area contributed by atoms with Crippen LogP contribution < -0.4 is 0 Å². The number of carbonyl (C=O) groups is 2. The minimum Gasteiger partial charge on any atom is -0.342 e. The molecule has 20 heavy (non-hydrogen) atoms. The number of piperazine rings is 1. The van der Waals surface area contributed by atoms with Gasteiger partial charge in [-0.05, 0) is 12.8 Å². The summed E-state index contributed by atoms with van der Waals surface area (Å²) in [6.07, 6.45) is 6.10. The van der Waals surface area contributed by atoms with E-state index in [9.17, 15) is 9.59 Å². The van der Waals surface area contributed by atoms with E-state index >= 15 is 0 Å². The number of carbonyl (C=O) groups excluding carboxylic acids is 2. The Bertz CT molecular complexity index is 330. The van der Waals surface area contributed by atoms with E-state index < -0.39 is 0 Å². The van der Waals surface area contributed by atoms with Crippen LogP contribution in [0.15, 0.2) is 0 Å². The van der Waals surface area contributed by atoms with Gasteiger partial charge in [-0.2, -0.15) is 0 Å². The van der Waals surface area contributed by atoms with Gasteiger partial charge in [0.2, 0.25) is 11.8 Å². The van der Waals surface area contributed by atoms with Gasteiger partial charge in [-0.15, -0.1) is 0 Å². The first-order chi connectivity index (χ1) is 9.66. The van der Waals surface area contributed by atoms with E-state index in [4.69, 9.17) is 0 Å². The van der Waals surface area contributed by atoms with E-state index in [1.165, 1.54) is 19.3 Å². The summed E-state index contributed by atoms with van der Waals surface area (Å²) in [4.78, 5) is 29.7. The van der Waals surface area contributed by atoms with Gasteiger partial charge in [-0.25, -0.2) is 0 Å². The molecule has 0 radical (unpaired) electrons. The SMILES string of the molecule is CC(=O)N1CCN(CC(=O)N2CCCCCCC2)CC1. The van der Waals surface area contributed by atoms with Crippen LogP contribution in [-0.2, 0) is 9.59 Å². The van der Waals surface area contributed by atoms with Gasteiger partial charge in [0, 0.05) is 46.2 Å². The minimum absolute atomic E-state index is 0.139. The first kappa shape index (κ1) is 15.3. The summed E-state index contributed by atoms with van der Waals surface area (Å²) in [7, 11) is 0. The van der Waals surface area contributed by atoms with E-state index in [1.807, 2.05) is 9.80 Å². The fourth-order valence-electron chi connectivity index (χ4n) is 3.01. The van der Waals surface area contributed by atoms with E-state index in [2.05, 4.69) is 4.90 Å². The monoisotopic (exact) mass is 281 g/mol. The molecule has 114 valence electrons. The lowest BCUT2D eigenvalue weighted by Gasteiger charge is -2.35. The molecule has 2 saturated heterocycles. The van der Waals surface area contributed by atoms with Crippen molar-refractivity contribution in [2.24, 2.45) is 0 Å². The zero-order chi connectivity index (χ0) is 14.4. The molecule has 2 rings (SSSR count). The molecule has 0 aromatic heterocycles. The van der Waals surface area contributed by atoms with Gasteiger partial charge < -0.3 is 9.80 Å². The summed E-state index contributed by atoms with van der Waals surface area (Å²) in [5.74, 6) is 0.405. The fourth-order valence-corrected chi connectivity index (χ4v) is 3.01. The van der Waals surface area contributed by atoms with Crippen LogP contribution in [0, 0.1) is 0 Å². The van der Waals surface area contributed by atoms with Crippen LogP contribution in [-0.4, -0.2) is 72.3 Å². The molecule has 0 atom stereocenters. The zero-order valence-corrected chi connectivity index (χ0v) is 12.6. The molecule has 0 saturated carbocycles. The third-order valence-corrected chi connectivity index (χ3v) is 4.39. The van der Waals surface area contributed by atoms with Crippen molar-refractivity contribution in [3.05, 3.63) is 0 Å². The Balaban J connectivity index is 1.75. The lowest BCUT2D eigenvalue weighted by Crippen LogP contribution is -2.51. The largest absolute Gasteiger partial charge is 0.342 e. The number of likely N-dealkylation sites (tertiary alicyclic amines) is 1. The molecule has 2 amide bonds. The summed E-state index contributed by atoms with van der Waals surface area (Å²) in [6, 6.07) is 0. The molecule has 0 aromatic rings. The molecule has 2 fully saturated rings. The smallest absolute Gasteiger partial charge is 0.236 e. The molecule has 0 spiro atoms. The molecule has 0 N–H and O–H groups in total. The highest BCUT2D eigenvalue weighted by atomic mass is 16.2. The van der Waals surface area contributed by atoms with Gasteiger partial charge >= 0.3 is 0 Å². The lowest BCUT2D eigenvalue weighted by molar-refractivity contribution is -0.134. The summed E-state index contributed by atoms with van der Waals surface area (Å²) in [6.45, 7) is 7.12. The topological polar surface area (TPSA) is 43.9 Å². The Labute approximate surface area is 121 Å². The van der Waals surface area contributed by atoms with Crippen LogP contribution in [0.5, 0.6) is 0 Å². The Kier molecular flexibility index (Phi) is 5.83. The average Bonchev–Trinajstić information content (AvgIpc) is 2.38. The van der Waals surface area contributed by atoms with Crippen molar-refractivity contribution in [2.75, 3.05) is 45.8 Å². The first-order valence-electron chi connectivity index (χ1n) is 7.92. The molecule has 0 aliphatic carbocycles. The molecule has 0 bridgehead atoms. The molecular formula is C15H27N3O2. The number of amides is 2. The average molecular weight is 281 g/mol. The van der Waals surface area contributed by atoms with Crippen LogP contribution in [0.3, 0.4) is 0 Å². The maximum atomic E-state index is 12.4. The Hall–Kier alpha value is -1.10. The second kappa shape index (κ2) is 7.62. The van der Waals surface area contributed by atoms with Crippen molar-refractivity contribution < 1.29 is 9.59 Å². The molecule has 2 aliphatic heterocycles. The van der Waals surface area contributed by atoms with Crippen LogP contribution in [0.4, 0.5) is 0 Å². The van der Waals surface area contributed by atoms with Crippen molar-refractivity contribution in [3.8, 4) is 0 Å². The number of rotatable bonds is 2. The predicted octanol–water partition coefficient (Wildman–Crippen LogP) is 0.943. The van der Waals surface area contributed by atoms with Gasteiger partial charge in [-0.3, -0.25) is 14.5 Å². The highest BCUT2D eigenvalue weighted by molar-refractivity contribution is 5.78. The maximum Gasteiger partial charge on any atom is 0.236 e. The van der Waals surface area contributed by atoms with Crippen LogP contribution in [0.25, 0.3) is 0 Å². The number of hydrogen-bond donors (Lipinski definition) is 0. The summed E-state index contributed by atoms with van der Waals surface area (Å²) >= 11 is 0. The normalized spacial score (nSPS) is 22.2. The van der Waals surface area contributed by atoms with Crippen molar-refractivity contribution in [1.29, 1.82) is 0 Å². The zero-order valence-electron chi connectivity index (χ0n) is 12.6. The third-order valence-electron chi connectivity index (χ3n) is 4.39. The summed E-state index contributed by atoms with van der Waals surface area (Å²) in [5.41, 5.74) is 0. The molecule has 2 heterocycles. The van der Waals surface area contributed by atoms with Crippen molar-refractivity contribution in [1.82, 2.24) is 14.7 Å². The maximum absolute atomic E-state index is 12.4. The van der Waals surface area contributed by atoms with Gasteiger partial charge in [0.15, 0.2) is 0 Å².